The zero-order valence-corrected chi connectivity index (χ0v) is 17.6. The number of amides is 1. The van der Waals surface area contributed by atoms with Crippen LogP contribution in [-0.2, 0) is 0 Å². The highest BCUT2D eigenvalue weighted by Gasteiger charge is 2.17. The van der Waals surface area contributed by atoms with Gasteiger partial charge >= 0.3 is 0 Å². The average Bonchev–Trinajstić information content (AvgIpc) is 2.75. The fourth-order valence-corrected chi connectivity index (χ4v) is 3.36. The van der Waals surface area contributed by atoms with E-state index in [0.29, 0.717) is 18.2 Å². The minimum Gasteiger partial charge on any atom is -0.368 e. The lowest BCUT2D eigenvalue weighted by molar-refractivity contribution is 0.0947. The number of anilines is 1. The van der Waals surface area contributed by atoms with Crippen molar-refractivity contribution >= 4 is 17.7 Å². The fraction of sp³-hybridized carbons (Fsp3) is 0.417. The van der Waals surface area contributed by atoms with E-state index >= 15 is 0 Å². The van der Waals surface area contributed by atoms with Crippen molar-refractivity contribution in [1.29, 1.82) is 0 Å². The van der Waals surface area contributed by atoms with Crippen LogP contribution in [0.5, 0.6) is 0 Å². The number of hydrogen-bond donors (Lipinski definition) is 1. The number of aromatic nitrogens is 1. The first-order valence-corrected chi connectivity index (χ1v) is 10.5. The predicted molar refractivity (Wildman–Crippen MR) is 120 cm³/mol. The Morgan fingerprint density at radius 1 is 1.10 bits per heavy atom. The Bertz CT molecular complexity index is 778. The molecule has 0 saturated carbocycles. The first kappa shape index (κ1) is 21.1. The van der Waals surface area contributed by atoms with Crippen LogP contribution in [0.15, 0.2) is 54.7 Å². The van der Waals surface area contributed by atoms with Crippen molar-refractivity contribution in [2.45, 2.75) is 20.3 Å². The molecular weight excluding hydrogens is 360 g/mol. The number of carbonyl (C=O) groups is 1. The summed E-state index contributed by atoms with van der Waals surface area (Å²) in [5.74, 6) is 0.491. The second-order valence-electron chi connectivity index (χ2n) is 7.94. The lowest BCUT2D eigenvalue weighted by atomic mass is 10.1. The summed E-state index contributed by atoms with van der Waals surface area (Å²) in [5.41, 5.74) is 2.82. The van der Waals surface area contributed by atoms with Crippen molar-refractivity contribution in [3.63, 3.8) is 0 Å². The molecule has 1 aromatic carbocycles. The van der Waals surface area contributed by atoms with E-state index < -0.39 is 0 Å². The molecule has 1 amide bonds. The van der Waals surface area contributed by atoms with Crippen molar-refractivity contribution in [2.75, 3.05) is 44.2 Å². The summed E-state index contributed by atoms with van der Waals surface area (Å²) in [4.78, 5) is 21.3. The number of pyridine rings is 1. The van der Waals surface area contributed by atoms with Crippen LogP contribution < -0.4 is 10.2 Å². The molecule has 0 atom stereocenters. The number of rotatable bonds is 8. The summed E-state index contributed by atoms with van der Waals surface area (Å²) >= 11 is 0. The molecule has 2 aromatic rings. The Morgan fingerprint density at radius 2 is 1.86 bits per heavy atom. The van der Waals surface area contributed by atoms with Gasteiger partial charge in [-0.25, -0.2) is 4.98 Å². The van der Waals surface area contributed by atoms with Crippen molar-refractivity contribution in [3.8, 4) is 0 Å². The molecule has 0 aliphatic carbocycles. The van der Waals surface area contributed by atoms with E-state index in [0.717, 1.165) is 44.8 Å². The minimum atomic E-state index is -0.0905. The second kappa shape index (κ2) is 10.8. The number of piperazine rings is 1. The van der Waals surface area contributed by atoms with E-state index in [9.17, 15) is 4.79 Å². The lowest BCUT2D eigenvalue weighted by Gasteiger charge is -2.35. The van der Waals surface area contributed by atoms with Crippen LogP contribution in [0.1, 0.15) is 36.3 Å². The minimum absolute atomic E-state index is 0.0905. The fourth-order valence-electron chi connectivity index (χ4n) is 3.36. The van der Waals surface area contributed by atoms with Gasteiger partial charge in [-0.1, -0.05) is 56.3 Å². The van der Waals surface area contributed by atoms with Crippen LogP contribution in [0.2, 0.25) is 0 Å². The van der Waals surface area contributed by atoms with E-state index in [1.807, 2.05) is 24.4 Å². The molecule has 1 aliphatic rings. The van der Waals surface area contributed by atoms with Crippen molar-refractivity contribution in [2.24, 2.45) is 5.92 Å². The molecule has 0 bridgehead atoms. The number of benzene rings is 1. The Morgan fingerprint density at radius 3 is 2.52 bits per heavy atom. The molecule has 5 heteroatoms. The van der Waals surface area contributed by atoms with Gasteiger partial charge in [0.15, 0.2) is 0 Å². The maximum absolute atomic E-state index is 12.2. The van der Waals surface area contributed by atoms with Gasteiger partial charge in [-0.15, -0.1) is 0 Å². The van der Waals surface area contributed by atoms with E-state index in [-0.39, 0.29) is 5.91 Å². The second-order valence-corrected chi connectivity index (χ2v) is 7.94. The molecule has 154 valence electrons. The molecule has 0 spiro atoms. The lowest BCUT2D eigenvalue weighted by Crippen LogP contribution is -2.46. The van der Waals surface area contributed by atoms with Crippen LogP contribution in [0.4, 0.5) is 5.69 Å². The van der Waals surface area contributed by atoms with Gasteiger partial charge < -0.3 is 10.2 Å². The van der Waals surface area contributed by atoms with Crippen LogP contribution >= 0.6 is 0 Å². The van der Waals surface area contributed by atoms with E-state index in [2.05, 4.69) is 70.4 Å². The largest absolute Gasteiger partial charge is 0.368 e. The van der Waals surface area contributed by atoms with Crippen LogP contribution in [-0.4, -0.2) is 55.1 Å². The summed E-state index contributed by atoms with van der Waals surface area (Å²) in [5, 5.41) is 2.94. The van der Waals surface area contributed by atoms with E-state index in [1.165, 1.54) is 5.56 Å². The highest BCUT2D eigenvalue weighted by atomic mass is 16.1. The SMILES string of the molecule is CC(C)CCNC(=O)c1ccc(N2CCN(C/C=C/c3ccccc3)CC2)cn1. The summed E-state index contributed by atoms with van der Waals surface area (Å²) in [7, 11) is 0. The van der Waals surface area contributed by atoms with Gasteiger partial charge in [0.05, 0.1) is 11.9 Å². The van der Waals surface area contributed by atoms with Crippen LogP contribution in [0.25, 0.3) is 6.08 Å². The molecular formula is C24H32N4O. The molecule has 1 fully saturated rings. The quantitative estimate of drug-likeness (QED) is 0.744. The monoisotopic (exact) mass is 392 g/mol. The molecule has 1 N–H and O–H groups in total. The van der Waals surface area contributed by atoms with Crippen LogP contribution in [0, 0.1) is 5.92 Å². The number of hydrogen-bond acceptors (Lipinski definition) is 4. The Balaban J connectivity index is 1.43. The molecule has 0 unspecified atom stereocenters. The van der Waals surface area contributed by atoms with Gasteiger partial charge in [0.25, 0.3) is 5.91 Å². The smallest absolute Gasteiger partial charge is 0.269 e. The summed E-state index contributed by atoms with van der Waals surface area (Å²) in [6.45, 7) is 9.96. The van der Waals surface area contributed by atoms with Gasteiger partial charge in [-0.2, -0.15) is 0 Å². The highest BCUT2D eigenvalue weighted by Crippen LogP contribution is 2.16. The van der Waals surface area contributed by atoms with Gasteiger partial charge in [0.1, 0.15) is 5.69 Å². The number of carbonyl (C=O) groups excluding carboxylic acids is 1. The Hall–Kier alpha value is -2.66. The Labute approximate surface area is 174 Å². The molecule has 1 aliphatic heterocycles. The summed E-state index contributed by atoms with van der Waals surface area (Å²) in [6, 6.07) is 14.2. The molecule has 1 saturated heterocycles. The van der Waals surface area contributed by atoms with Crippen molar-refractivity contribution in [3.05, 3.63) is 66.0 Å². The normalized spacial score (nSPS) is 15.2. The first-order valence-electron chi connectivity index (χ1n) is 10.5. The third-order valence-electron chi connectivity index (χ3n) is 5.20. The topological polar surface area (TPSA) is 48.5 Å². The molecule has 1 aromatic heterocycles. The van der Waals surface area contributed by atoms with E-state index in [4.69, 9.17) is 0 Å². The average molecular weight is 393 g/mol. The van der Waals surface area contributed by atoms with Crippen molar-refractivity contribution < 1.29 is 4.79 Å². The van der Waals surface area contributed by atoms with Gasteiger partial charge in [-0.3, -0.25) is 9.69 Å². The van der Waals surface area contributed by atoms with E-state index in [1.54, 1.807) is 0 Å². The predicted octanol–water partition coefficient (Wildman–Crippen LogP) is 3.69. The molecule has 5 nitrogen and oxygen atoms in total. The molecule has 2 heterocycles. The standard InChI is InChI=1S/C24H32N4O/c1-20(2)12-13-25-24(29)23-11-10-22(19-26-23)28-17-15-27(16-18-28)14-6-9-21-7-4-3-5-8-21/h3-11,19-20H,12-18H2,1-2H3,(H,25,29)/b9-6+. The first-order chi connectivity index (χ1) is 14.1. The maximum atomic E-state index is 12.2. The highest BCUT2D eigenvalue weighted by molar-refractivity contribution is 5.92. The van der Waals surface area contributed by atoms with Gasteiger partial charge in [0, 0.05) is 39.3 Å². The third-order valence-corrected chi connectivity index (χ3v) is 5.20. The number of nitrogens with one attached hydrogen (secondary N) is 1. The Kier molecular flexibility index (Phi) is 7.82. The maximum Gasteiger partial charge on any atom is 0.269 e. The zero-order valence-electron chi connectivity index (χ0n) is 17.6. The summed E-state index contributed by atoms with van der Waals surface area (Å²) < 4.78 is 0. The van der Waals surface area contributed by atoms with Crippen LogP contribution in [0.3, 0.4) is 0 Å². The van der Waals surface area contributed by atoms with Crippen molar-refractivity contribution in [1.82, 2.24) is 15.2 Å². The molecule has 0 radical (unpaired) electrons. The van der Waals surface area contributed by atoms with Gasteiger partial charge in [0.2, 0.25) is 0 Å². The number of nitrogens with zero attached hydrogens (tertiary/aromatic N) is 3. The summed E-state index contributed by atoms with van der Waals surface area (Å²) in [6.07, 6.45) is 7.22. The zero-order chi connectivity index (χ0) is 20.5. The van der Waals surface area contributed by atoms with Gasteiger partial charge in [-0.05, 0) is 30.0 Å². The third kappa shape index (κ3) is 6.71. The molecule has 29 heavy (non-hydrogen) atoms. The molecule has 3 rings (SSSR count).